The highest BCUT2D eigenvalue weighted by molar-refractivity contribution is 7.99. The lowest BCUT2D eigenvalue weighted by Gasteiger charge is -2.22. The van der Waals surface area contributed by atoms with E-state index >= 15 is 0 Å². The van der Waals surface area contributed by atoms with Gasteiger partial charge < -0.3 is 4.74 Å². The van der Waals surface area contributed by atoms with E-state index < -0.39 is 5.60 Å². The van der Waals surface area contributed by atoms with E-state index in [1.165, 1.54) is 31.0 Å². The Morgan fingerprint density at radius 1 is 1.35 bits per heavy atom. The second-order valence-electron chi connectivity index (χ2n) is 6.07. The van der Waals surface area contributed by atoms with Crippen molar-refractivity contribution in [1.29, 1.82) is 0 Å². The van der Waals surface area contributed by atoms with Gasteiger partial charge in [0.1, 0.15) is 5.60 Å². The van der Waals surface area contributed by atoms with Gasteiger partial charge in [-0.3, -0.25) is 4.79 Å². The fourth-order valence-electron chi connectivity index (χ4n) is 2.33. The van der Waals surface area contributed by atoms with Gasteiger partial charge in [0.05, 0.1) is 11.8 Å². The van der Waals surface area contributed by atoms with Crippen molar-refractivity contribution in [3.8, 4) is 0 Å². The van der Waals surface area contributed by atoms with Gasteiger partial charge >= 0.3 is 5.97 Å². The van der Waals surface area contributed by atoms with Crippen molar-refractivity contribution in [3.05, 3.63) is 0 Å². The fourth-order valence-corrected chi connectivity index (χ4v) is 3.05. The van der Waals surface area contributed by atoms with Gasteiger partial charge in [-0.2, -0.15) is 0 Å². The first-order valence-corrected chi connectivity index (χ1v) is 8.07. The Morgan fingerprint density at radius 2 is 2.05 bits per heavy atom. The van der Waals surface area contributed by atoms with Crippen LogP contribution in [0.15, 0.2) is 5.16 Å². The topological polar surface area (TPSA) is 69.9 Å². The minimum Gasteiger partial charge on any atom is -0.459 e. The molecule has 0 aromatic carbocycles. The molecule has 6 nitrogen and oxygen atoms in total. The number of hydrogen-bond acceptors (Lipinski definition) is 6. The number of hydrogen-bond donors (Lipinski definition) is 0. The second kappa shape index (κ2) is 6.56. The average Bonchev–Trinajstić information content (AvgIpc) is 2.83. The Morgan fingerprint density at radius 3 is 2.70 bits per heavy atom. The molecule has 0 spiro atoms. The molecular weight excluding hydrogens is 276 g/mol. The number of tetrazole rings is 1. The van der Waals surface area contributed by atoms with Crippen molar-refractivity contribution >= 4 is 17.7 Å². The molecule has 0 atom stereocenters. The summed E-state index contributed by atoms with van der Waals surface area (Å²) in [6, 6.07) is 0.375. The molecule has 112 valence electrons. The van der Waals surface area contributed by atoms with E-state index in [1.54, 1.807) is 0 Å². The SMILES string of the molecule is CC(C)(C)OC(=O)CSc1nnnn1C1CCCCC1. The van der Waals surface area contributed by atoms with Crippen LogP contribution in [0, 0.1) is 0 Å². The molecule has 0 N–H and O–H groups in total. The quantitative estimate of drug-likeness (QED) is 0.628. The zero-order chi connectivity index (χ0) is 14.6. The van der Waals surface area contributed by atoms with Gasteiger partial charge in [0.15, 0.2) is 0 Å². The molecule has 0 saturated heterocycles. The molecule has 1 saturated carbocycles. The predicted octanol–water partition coefficient (Wildman–Crippen LogP) is 2.61. The highest BCUT2D eigenvalue weighted by Gasteiger charge is 2.22. The molecule has 20 heavy (non-hydrogen) atoms. The number of ether oxygens (including phenoxy) is 1. The number of thioether (sulfide) groups is 1. The van der Waals surface area contributed by atoms with Gasteiger partial charge in [-0.25, -0.2) is 4.68 Å². The number of aromatic nitrogens is 4. The van der Waals surface area contributed by atoms with Crippen LogP contribution in [0.25, 0.3) is 0 Å². The molecule has 0 unspecified atom stereocenters. The first-order valence-electron chi connectivity index (χ1n) is 7.08. The third-order valence-electron chi connectivity index (χ3n) is 3.12. The van der Waals surface area contributed by atoms with E-state index in [9.17, 15) is 4.79 Å². The highest BCUT2D eigenvalue weighted by Crippen LogP contribution is 2.30. The number of carbonyl (C=O) groups is 1. The first kappa shape index (κ1) is 15.3. The summed E-state index contributed by atoms with van der Waals surface area (Å²) in [6.45, 7) is 5.59. The van der Waals surface area contributed by atoms with E-state index in [4.69, 9.17) is 4.74 Å². The summed E-state index contributed by atoms with van der Waals surface area (Å²) < 4.78 is 7.15. The Kier molecular flexibility index (Phi) is 5.01. The third kappa shape index (κ3) is 4.47. The van der Waals surface area contributed by atoms with Crippen molar-refractivity contribution in [3.63, 3.8) is 0 Å². The zero-order valence-corrected chi connectivity index (χ0v) is 13.2. The van der Waals surface area contributed by atoms with Crippen molar-refractivity contribution < 1.29 is 9.53 Å². The summed E-state index contributed by atoms with van der Waals surface area (Å²) in [5.74, 6) is 0.00497. The normalized spacial score (nSPS) is 17.1. The van der Waals surface area contributed by atoms with Crippen LogP contribution >= 0.6 is 11.8 Å². The summed E-state index contributed by atoms with van der Waals surface area (Å²) in [5.41, 5.74) is -0.451. The summed E-state index contributed by atoms with van der Waals surface area (Å²) in [7, 11) is 0. The van der Waals surface area contributed by atoms with Crippen LogP contribution in [0.1, 0.15) is 58.9 Å². The molecule has 1 aromatic rings. The molecule has 1 aromatic heterocycles. The molecule has 7 heteroatoms. The van der Waals surface area contributed by atoms with E-state index in [0.717, 1.165) is 12.8 Å². The van der Waals surface area contributed by atoms with E-state index in [-0.39, 0.29) is 11.7 Å². The highest BCUT2D eigenvalue weighted by atomic mass is 32.2. The van der Waals surface area contributed by atoms with Crippen LogP contribution in [0.3, 0.4) is 0 Å². The maximum atomic E-state index is 11.7. The number of nitrogens with zero attached hydrogens (tertiary/aromatic N) is 4. The van der Waals surface area contributed by atoms with Crippen molar-refractivity contribution in [1.82, 2.24) is 20.2 Å². The Hall–Kier alpha value is -1.11. The summed E-state index contributed by atoms with van der Waals surface area (Å²) in [4.78, 5) is 11.7. The minimum atomic E-state index is -0.451. The summed E-state index contributed by atoms with van der Waals surface area (Å²) in [5, 5.41) is 12.5. The molecule has 1 aliphatic carbocycles. The van der Waals surface area contributed by atoms with Crippen molar-refractivity contribution in [2.45, 2.75) is 69.7 Å². The maximum Gasteiger partial charge on any atom is 0.316 e. The van der Waals surface area contributed by atoms with Gasteiger partial charge in [-0.1, -0.05) is 31.0 Å². The van der Waals surface area contributed by atoms with Crippen LogP contribution in [0.5, 0.6) is 0 Å². The van der Waals surface area contributed by atoms with Crippen LogP contribution < -0.4 is 0 Å². The standard InChI is InChI=1S/C13H22N4O2S/c1-13(2,3)19-11(18)9-20-12-14-15-16-17(12)10-7-5-4-6-8-10/h10H,4-9H2,1-3H3. The lowest BCUT2D eigenvalue weighted by Crippen LogP contribution is -2.25. The zero-order valence-electron chi connectivity index (χ0n) is 12.3. The van der Waals surface area contributed by atoms with E-state index in [0.29, 0.717) is 11.2 Å². The van der Waals surface area contributed by atoms with E-state index in [2.05, 4.69) is 15.5 Å². The third-order valence-corrected chi connectivity index (χ3v) is 4.03. The lowest BCUT2D eigenvalue weighted by atomic mass is 9.96. The lowest BCUT2D eigenvalue weighted by molar-refractivity contribution is -0.151. The van der Waals surface area contributed by atoms with Crippen LogP contribution in [-0.2, 0) is 9.53 Å². The maximum absolute atomic E-state index is 11.7. The summed E-state index contributed by atoms with van der Waals surface area (Å²) in [6.07, 6.45) is 5.97. The molecule has 2 rings (SSSR count). The van der Waals surface area contributed by atoms with Gasteiger partial charge in [0, 0.05) is 0 Å². The molecule has 1 fully saturated rings. The van der Waals surface area contributed by atoms with Crippen LogP contribution in [0.4, 0.5) is 0 Å². The second-order valence-corrected chi connectivity index (χ2v) is 7.02. The Balaban J connectivity index is 1.90. The van der Waals surface area contributed by atoms with Gasteiger partial charge in [0.25, 0.3) is 0 Å². The van der Waals surface area contributed by atoms with Crippen molar-refractivity contribution in [2.75, 3.05) is 5.75 Å². The predicted molar refractivity (Wildman–Crippen MR) is 76.5 cm³/mol. The molecule has 0 aliphatic heterocycles. The molecule has 1 heterocycles. The Bertz CT molecular complexity index is 449. The number of rotatable bonds is 4. The number of esters is 1. The molecule has 0 amide bonds. The van der Waals surface area contributed by atoms with Gasteiger partial charge in [0.2, 0.25) is 5.16 Å². The van der Waals surface area contributed by atoms with E-state index in [1.807, 2.05) is 25.5 Å². The monoisotopic (exact) mass is 298 g/mol. The molecule has 0 bridgehead atoms. The smallest absolute Gasteiger partial charge is 0.316 e. The van der Waals surface area contributed by atoms with Crippen molar-refractivity contribution in [2.24, 2.45) is 0 Å². The molecule has 0 radical (unpaired) electrons. The molecule has 1 aliphatic rings. The van der Waals surface area contributed by atoms with Gasteiger partial charge in [-0.15, -0.1) is 5.10 Å². The van der Waals surface area contributed by atoms with Crippen LogP contribution in [0.2, 0.25) is 0 Å². The first-order chi connectivity index (χ1) is 9.46. The minimum absolute atomic E-state index is 0.235. The van der Waals surface area contributed by atoms with Crippen LogP contribution in [-0.4, -0.2) is 37.5 Å². The Labute approximate surface area is 123 Å². The molecular formula is C13H22N4O2S. The fraction of sp³-hybridized carbons (Fsp3) is 0.846. The number of carbonyl (C=O) groups excluding carboxylic acids is 1. The largest absolute Gasteiger partial charge is 0.459 e. The summed E-state index contributed by atoms with van der Waals surface area (Å²) >= 11 is 1.35. The van der Waals surface area contributed by atoms with Gasteiger partial charge in [-0.05, 0) is 44.0 Å². The average molecular weight is 298 g/mol.